The Morgan fingerprint density at radius 3 is 2.52 bits per heavy atom. The third-order valence-electron chi connectivity index (χ3n) is 4.18. The fraction of sp³-hybridized carbons (Fsp3) is 0.316. The van der Waals surface area contributed by atoms with Crippen molar-refractivity contribution in [2.45, 2.75) is 37.6 Å². The van der Waals surface area contributed by atoms with Gasteiger partial charge in [0, 0.05) is 16.8 Å². The van der Waals surface area contributed by atoms with Crippen LogP contribution >= 0.6 is 11.6 Å². The lowest BCUT2D eigenvalue weighted by molar-refractivity contribution is -0.118. The van der Waals surface area contributed by atoms with E-state index in [2.05, 4.69) is 10.0 Å². The lowest BCUT2D eigenvalue weighted by Crippen LogP contribution is -2.25. The van der Waals surface area contributed by atoms with E-state index < -0.39 is 10.0 Å². The van der Waals surface area contributed by atoms with Crippen LogP contribution in [0.2, 0.25) is 5.02 Å². The lowest BCUT2D eigenvalue weighted by Gasteiger charge is -2.12. The Kier molecular flexibility index (Phi) is 5.74. The number of carbonyl (C=O) groups is 1. The molecule has 0 saturated heterocycles. The van der Waals surface area contributed by atoms with Gasteiger partial charge in [-0.2, -0.15) is 0 Å². The van der Waals surface area contributed by atoms with Gasteiger partial charge in [-0.05, 0) is 74.2 Å². The minimum atomic E-state index is -3.51. The number of halogens is 1. The first-order valence-electron chi connectivity index (χ1n) is 8.56. The summed E-state index contributed by atoms with van der Waals surface area (Å²) in [5.74, 6) is 0.148. The van der Waals surface area contributed by atoms with Crippen LogP contribution in [0.1, 0.15) is 24.0 Å². The molecule has 8 heteroatoms. The van der Waals surface area contributed by atoms with Crippen LogP contribution in [0, 0.1) is 13.8 Å². The van der Waals surface area contributed by atoms with E-state index in [1.54, 1.807) is 37.3 Å². The van der Waals surface area contributed by atoms with E-state index in [9.17, 15) is 13.2 Å². The minimum absolute atomic E-state index is 0.0475. The first kappa shape index (κ1) is 19.7. The maximum atomic E-state index is 12.2. The van der Waals surface area contributed by atoms with Gasteiger partial charge >= 0.3 is 0 Å². The highest BCUT2D eigenvalue weighted by molar-refractivity contribution is 7.89. The molecule has 1 saturated carbocycles. The fourth-order valence-corrected chi connectivity index (χ4v) is 4.15. The van der Waals surface area contributed by atoms with Crippen molar-refractivity contribution >= 4 is 33.2 Å². The predicted molar refractivity (Wildman–Crippen MR) is 105 cm³/mol. The maximum Gasteiger partial charge on any atom is 0.262 e. The molecular formula is C19H21ClN2O4S. The Labute approximate surface area is 163 Å². The molecule has 0 aliphatic heterocycles. The molecule has 0 spiro atoms. The number of anilines is 1. The maximum absolute atomic E-state index is 12.2. The van der Waals surface area contributed by atoms with Gasteiger partial charge < -0.3 is 10.1 Å². The monoisotopic (exact) mass is 408 g/mol. The summed E-state index contributed by atoms with van der Waals surface area (Å²) in [5.41, 5.74) is 2.16. The summed E-state index contributed by atoms with van der Waals surface area (Å²) in [7, 11) is -3.51. The summed E-state index contributed by atoms with van der Waals surface area (Å²) in [4.78, 5) is 12.3. The molecule has 0 heterocycles. The quantitative estimate of drug-likeness (QED) is 0.735. The number of nitrogens with one attached hydrogen (secondary N) is 2. The zero-order valence-corrected chi connectivity index (χ0v) is 16.7. The Balaban J connectivity index is 1.61. The molecule has 3 rings (SSSR count). The van der Waals surface area contributed by atoms with Crippen molar-refractivity contribution in [2.24, 2.45) is 0 Å². The van der Waals surface area contributed by atoms with Crippen LogP contribution in [0.25, 0.3) is 0 Å². The van der Waals surface area contributed by atoms with Crippen LogP contribution in [0.15, 0.2) is 41.3 Å². The molecule has 2 aromatic carbocycles. The van der Waals surface area contributed by atoms with E-state index in [4.69, 9.17) is 16.3 Å². The zero-order valence-electron chi connectivity index (χ0n) is 15.1. The van der Waals surface area contributed by atoms with Crippen molar-refractivity contribution in [2.75, 3.05) is 11.9 Å². The molecule has 0 atom stereocenters. The number of ether oxygens (including phenoxy) is 1. The van der Waals surface area contributed by atoms with Crippen LogP contribution in [0.5, 0.6) is 5.75 Å². The van der Waals surface area contributed by atoms with E-state index in [-0.39, 0.29) is 23.5 Å². The van der Waals surface area contributed by atoms with E-state index in [0.717, 1.165) is 18.4 Å². The first-order valence-corrected chi connectivity index (χ1v) is 10.4. The number of sulfonamides is 1. The van der Waals surface area contributed by atoms with Crippen molar-refractivity contribution in [1.29, 1.82) is 0 Å². The summed E-state index contributed by atoms with van der Waals surface area (Å²) in [6.45, 7) is 3.41. The highest BCUT2D eigenvalue weighted by Gasteiger charge is 2.28. The second-order valence-corrected chi connectivity index (χ2v) is 8.77. The van der Waals surface area contributed by atoms with Gasteiger partial charge in [-0.1, -0.05) is 11.6 Å². The number of benzene rings is 2. The average Bonchev–Trinajstić information content (AvgIpc) is 3.39. The second kappa shape index (κ2) is 7.88. The summed E-state index contributed by atoms with van der Waals surface area (Å²) in [6, 6.07) is 9.83. The van der Waals surface area contributed by atoms with E-state index >= 15 is 0 Å². The van der Waals surface area contributed by atoms with Gasteiger partial charge in [0.1, 0.15) is 5.75 Å². The number of carbonyl (C=O) groups excluding carboxylic acids is 1. The molecular weight excluding hydrogens is 388 g/mol. The van der Waals surface area contributed by atoms with Crippen LogP contribution in [0.3, 0.4) is 0 Å². The molecule has 0 radical (unpaired) electrons. The van der Waals surface area contributed by atoms with Gasteiger partial charge in [-0.3, -0.25) is 4.79 Å². The van der Waals surface area contributed by atoms with Gasteiger partial charge in [0.2, 0.25) is 10.0 Å². The standard InChI is InChI=1S/C19H21ClN2O4S/c1-12-9-14(20)3-7-17(12)21-19(23)11-26-18-8-6-16(10-13(18)2)27(24,25)22-15-4-5-15/h3,6-10,15,22H,4-5,11H2,1-2H3,(H,21,23). The van der Waals surface area contributed by atoms with Gasteiger partial charge in [0.15, 0.2) is 6.61 Å². The second-order valence-electron chi connectivity index (χ2n) is 6.62. The van der Waals surface area contributed by atoms with Gasteiger partial charge in [-0.15, -0.1) is 0 Å². The van der Waals surface area contributed by atoms with Crippen molar-refractivity contribution in [3.63, 3.8) is 0 Å². The van der Waals surface area contributed by atoms with Crippen molar-refractivity contribution in [3.05, 3.63) is 52.5 Å². The van der Waals surface area contributed by atoms with Gasteiger partial charge in [0.25, 0.3) is 5.91 Å². The summed E-state index contributed by atoms with van der Waals surface area (Å²) >= 11 is 5.90. The predicted octanol–water partition coefficient (Wildman–Crippen LogP) is 3.42. The molecule has 0 aromatic heterocycles. The van der Waals surface area contributed by atoms with Crippen molar-refractivity contribution in [1.82, 2.24) is 4.72 Å². The normalized spacial score (nSPS) is 14.0. The number of rotatable bonds is 7. The zero-order chi connectivity index (χ0) is 19.6. The molecule has 144 valence electrons. The topological polar surface area (TPSA) is 84.5 Å². The SMILES string of the molecule is Cc1cc(Cl)ccc1NC(=O)COc1ccc(S(=O)(=O)NC2CC2)cc1C. The third kappa shape index (κ3) is 5.22. The summed E-state index contributed by atoms with van der Waals surface area (Å²) < 4.78 is 32.7. The number of hydrogen-bond acceptors (Lipinski definition) is 4. The van der Waals surface area contributed by atoms with Crippen LogP contribution in [-0.2, 0) is 14.8 Å². The molecule has 2 N–H and O–H groups in total. The first-order chi connectivity index (χ1) is 12.7. The molecule has 1 amide bonds. The minimum Gasteiger partial charge on any atom is -0.483 e. The highest BCUT2D eigenvalue weighted by Crippen LogP contribution is 2.25. The fourth-order valence-electron chi connectivity index (χ4n) is 2.54. The van der Waals surface area contributed by atoms with E-state index in [1.165, 1.54) is 6.07 Å². The van der Waals surface area contributed by atoms with Crippen LogP contribution < -0.4 is 14.8 Å². The molecule has 1 aliphatic rings. The van der Waals surface area contributed by atoms with Crippen LogP contribution in [-0.4, -0.2) is 27.0 Å². The van der Waals surface area contributed by atoms with E-state index in [1.807, 2.05) is 6.92 Å². The van der Waals surface area contributed by atoms with Gasteiger partial charge in [0.05, 0.1) is 4.90 Å². The Morgan fingerprint density at radius 1 is 1.15 bits per heavy atom. The summed E-state index contributed by atoms with van der Waals surface area (Å²) in [5, 5.41) is 3.36. The van der Waals surface area contributed by atoms with Crippen LogP contribution in [0.4, 0.5) is 5.69 Å². The average molecular weight is 409 g/mol. The van der Waals surface area contributed by atoms with Crippen molar-refractivity contribution < 1.29 is 17.9 Å². The molecule has 1 aliphatic carbocycles. The van der Waals surface area contributed by atoms with E-state index in [0.29, 0.717) is 22.0 Å². The number of aryl methyl sites for hydroxylation is 2. The number of amides is 1. The number of hydrogen-bond donors (Lipinski definition) is 2. The van der Waals surface area contributed by atoms with Crippen molar-refractivity contribution in [3.8, 4) is 5.75 Å². The molecule has 2 aromatic rings. The smallest absolute Gasteiger partial charge is 0.262 e. The Morgan fingerprint density at radius 2 is 1.89 bits per heavy atom. The molecule has 1 fully saturated rings. The highest BCUT2D eigenvalue weighted by atomic mass is 35.5. The van der Waals surface area contributed by atoms with Gasteiger partial charge in [-0.25, -0.2) is 13.1 Å². The summed E-state index contributed by atoms with van der Waals surface area (Å²) in [6.07, 6.45) is 1.75. The Bertz CT molecular complexity index is 972. The molecule has 6 nitrogen and oxygen atoms in total. The largest absolute Gasteiger partial charge is 0.483 e. The lowest BCUT2D eigenvalue weighted by atomic mass is 10.2. The third-order valence-corrected chi connectivity index (χ3v) is 5.93. The molecule has 0 bridgehead atoms. The molecule has 0 unspecified atom stereocenters. The molecule has 27 heavy (non-hydrogen) atoms. The Hall–Kier alpha value is -2.09.